The Kier molecular flexibility index (Phi) is 7.30. The van der Waals surface area contributed by atoms with Gasteiger partial charge in [-0.1, -0.05) is 74.5 Å². The molecule has 3 aromatic rings. The van der Waals surface area contributed by atoms with Gasteiger partial charge in [-0.3, -0.25) is 14.4 Å². The molecule has 0 aliphatic carbocycles. The van der Waals surface area contributed by atoms with Crippen LogP contribution in [0.3, 0.4) is 0 Å². The van der Waals surface area contributed by atoms with E-state index in [9.17, 15) is 19.5 Å². The molecule has 3 heterocycles. The maximum Gasteiger partial charge on any atom is 0.250 e. The molecule has 41 heavy (non-hydrogen) atoms. The van der Waals surface area contributed by atoms with E-state index in [1.54, 1.807) is 4.90 Å². The van der Waals surface area contributed by atoms with Gasteiger partial charge in [0.05, 0.1) is 30.6 Å². The molecule has 0 aromatic heterocycles. The minimum Gasteiger partial charge on any atom is -0.394 e. The average Bonchev–Trinajstić information content (AvgIpc) is 3.62. The summed E-state index contributed by atoms with van der Waals surface area (Å²) in [5.41, 5.74) is 0.459. The summed E-state index contributed by atoms with van der Waals surface area (Å²) >= 11 is 0. The van der Waals surface area contributed by atoms with Crippen LogP contribution in [-0.2, 0) is 25.7 Å². The van der Waals surface area contributed by atoms with Crippen LogP contribution in [0.2, 0.25) is 0 Å². The lowest BCUT2D eigenvalue weighted by molar-refractivity contribution is -0.144. The molecule has 8 nitrogen and oxygen atoms in total. The van der Waals surface area contributed by atoms with E-state index in [1.807, 2.05) is 86.6 Å². The molecule has 8 heteroatoms. The normalized spacial score (nSPS) is 27.3. The lowest BCUT2D eigenvalue weighted by Crippen LogP contribution is -2.56. The van der Waals surface area contributed by atoms with Gasteiger partial charge in [0.1, 0.15) is 11.6 Å². The molecule has 3 aliphatic heterocycles. The van der Waals surface area contributed by atoms with E-state index in [4.69, 9.17) is 4.74 Å². The number of amides is 3. The zero-order chi connectivity index (χ0) is 28.7. The van der Waals surface area contributed by atoms with Gasteiger partial charge in [0.25, 0.3) is 0 Å². The first-order chi connectivity index (χ1) is 19.8. The highest BCUT2D eigenvalue weighted by Gasteiger charge is 2.75. The van der Waals surface area contributed by atoms with Gasteiger partial charge >= 0.3 is 0 Å². The predicted molar refractivity (Wildman–Crippen MR) is 156 cm³/mol. The van der Waals surface area contributed by atoms with Crippen LogP contribution in [0.25, 0.3) is 10.8 Å². The first-order valence-corrected chi connectivity index (χ1v) is 14.5. The molecular weight excluding hydrogens is 518 g/mol. The monoisotopic (exact) mass is 555 g/mol. The van der Waals surface area contributed by atoms with Crippen LogP contribution >= 0.6 is 0 Å². The van der Waals surface area contributed by atoms with Crippen molar-refractivity contribution in [2.75, 3.05) is 11.9 Å². The van der Waals surface area contributed by atoms with Crippen molar-refractivity contribution in [3.05, 3.63) is 78.4 Å². The number of carbonyl (C=O) groups excluding carboxylic acids is 3. The number of nitrogens with zero attached hydrogens (tertiary/aromatic N) is 1. The highest BCUT2D eigenvalue weighted by atomic mass is 16.5. The van der Waals surface area contributed by atoms with Crippen molar-refractivity contribution in [1.29, 1.82) is 0 Å². The number of aliphatic hydroxyl groups is 1. The summed E-state index contributed by atoms with van der Waals surface area (Å²) in [6.45, 7) is 4.11. The molecule has 1 spiro atoms. The van der Waals surface area contributed by atoms with Crippen LogP contribution in [0.1, 0.15) is 38.7 Å². The van der Waals surface area contributed by atoms with E-state index in [0.29, 0.717) is 31.5 Å². The first kappa shape index (κ1) is 27.4. The number of rotatable bonds is 9. The molecular formula is C33H37N3O5. The van der Waals surface area contributed by atoms with Crippen molar-refractivity contribution >= 4 is 34.2 Å². The van der Waals surface area contributed by atoms with Gasteiger partial charge < -0.3 is 25.4 Å². The topological polar surface area (TPSA) is 108 Å². The van der Waals surface area contributed by atoms with E-state index in [1.165, 1.54) is 0 Å². The molecule has 3 fully saturated rings. The van der Waals surface area contributed by atoms with Crippen LogP contribution in [-0.4, -0.2) is 58.1 Å². The van der Waals surface area contributed by atoms with E-state index in [-0.39, 0.29) is 30.2 Å². The van der Waals surface area contributed by atoms with Gasteiger partial charge in [0.15, 0.2) is 0 Å². The van der Waals surface area contributed by atoms with Crippen molar-refractivity contribution < 1.29 is 24.2 Å². The molecule has 3 amide bonds. The number of aliphatic hydroxyl groups excluding tert-OH is 1. The Morgan fingerprint density at radius 3 is 2.49 bits per heavy atom. The minimum absolute atomic E-state index is 0.185. The molecule has 2 bridgehead atoms. The largest absolute Gasteiger partial charge is 0.394 e. The lowest BCUT2D eigenvalue weighted by atomic mass is 9.70. The maximum atomic E-state index is 14.3. The van der Waals surface area contributed by atoms with Gasteiger partial charge in [0.2, 0.25) is 17.7 Å². The molecule has 6 atom stereocenters. The summed E-state index contributed by atoms with van der Waals surface area (Å²) in [5.74, 6) is -2.18. The van der Waals surface area contributed by atoms with Crippen LogP contribution < -0.4 is 10.6 Å². The molecule has 3 aliphatic rings. The third kappa shape index (κ3) is 4.79. The summed E-state index contributed by atoms with van der Waals surface area (Å²) in [7, 11) is 0. The number of carbonyl (C=O) groups is 3. The molecule has 3 saturated heterocycles. The molecule has 6 rings (SSSR count). The second-order valence-electron chi connectivity index (χ2n) is 12.0. The van der Waals surface area contributed by atoms with Crippen molar-refractivity contribution in [3.8, 4) is 0 Å². The van der Waals surface area contributed by atoms with Crippen LogP contribution in [0.15, 0.2) is 72.8 Å². The summed E-state index contributed by atoms with van der Waals surface area (Å²) in [4.78, 5) is 43.6. The zero-order valence-electron chi connectivity index (χ0n) is 23.5. The number of hydrogen-bond donors (Lipinski definition) is 3. The summed E-state index contributed by atoms with van der Waals surface area (Å²) in [5, 5.41) is 18.5. The van der Waals surface area contributed by atoms with E-state index >= 15 is 0 Å². The second kappa shape index (κ2) is 10.9. The second-order valence-corrected chi connectivity index (χ2v) is 12.0. The number of hydrogen-bond acceptors (Lipinski definition) is 5. The van der Waals surface area contributed by atoms with Gasteiger partial charge in [0, 0.05) is 12.2 Å². The highest BCUT2D eigenvalue weighted by molar-refractivity contribution is 6.04. The van der Waals surface area contributed by atoms with Crippen LogP contribution in [0.4, 0.5) is 5.69 Å². The first-order valence-electron chi connectivity index (χ1n) is 14.5. The number of benzene rings is 3. The number of fused-ring (bicyclic) bond motifs is 2. The van der Waals surface area contributed by atoms with Crippen molar-refractivity contribution in [1.82, 2.24) is 10.2 Å². The van der Waals surface area contributed by atoms with Gasteiger partial charge in [-0.2, -0.15) is 0 Å². The van der Waals surface area contributed by atoms with Crippen LogP contribution in [0, 0.1) is 17.8 Å². The predicted octanol–water partition coefficient (Wildman–Crippen LogP) is 3.88. The quantitative estimate of drug-likeness (QED) is 0.372. The van der Waals surface area contributed by atoms with E-state index in [2.05, 4.69) is 10.6 Å². The highest BCUT2D eigenvalue weighted by Crippen LogP contribution is 2.59. The van der Waals surface area contributed by atoms with Gasteiger partial charge in [-0.05, 0) is 53.6 Å². The number of ether oxygens (including phenoxy) is 1. The fraction of sp³-hybridized carbons (Fsp3) is 0.424. The molecule has 0 saturated carbocycles. The Morgan fingerprint density at radius 2 is 1.76 bits per heavy atom. The summed E-state index contributed by atoms with van der Waals surface area (Å²) < 4.78 is 6.55. The molecule has 0 radical (unpaired) electrons. The molecule has 2 unspecified atom stereocenters. The average molecular weight is 556 g/mol. The minimum atomic E-state index is -1.12. The van der Waals surface area contributed by atoms with E-state index in [0.717, 1.165) is 16.3 Å². The Bertz CT molecular complexity index is 1460. The third-order valence-electron chi connectivity index (χ3n) is 8.96. The Labute approximate surface area is 240 Å². The fourth-order valence-corrected chi connectivity index (χ4v) is 7.28. The van der Waals surface area contributed by atoms with Crippen molar-refractivity contribution in [3.63, 3.8) is 0 Å². The van der Waals surface area contributed by atoms with Crippen molar-refractivity contribution in [2.24, 2.45) is 17.8 Å². The number of anilines is 1. The molecule has 3 N–H and O–H groups in total. The number of likely N-dealkylation sites (tertiary alicyclic amines) is 1. The van der Waals surface area contributed by atoms with Crippen molar-refractivity contribution in [2.45, 2.75) is 63.4 Å². The maximum absolute atomic E-state index is 14.3. The smallest absolute Gasteiger partial charge is 0.250 e. The fourth-order valence-electron chi connectivity index (χ4n) is 7.28. The van der Waals surface area contributed by atoms with Crippen LogP contribution in [0.5, 0.6) is 0 Å². The molecule has 214 valence electrons. The molecule has 3 aromatic carbocycles. The Hall–Kier alpha value is -3.75. The standard InChI is InChI=1S/C33H37N3O5/c1-20(2)16-25(19-37)36-29(31(39)35-24-13-12-22-10-6-7-11-23(22)17-24)33-15-14-26(41-33)27(28(33)32(36)40)30(38)34-18-21-8-4-3-5-9-21/h3-13,17,20,25-29,37H,14-16,18-19H2,1-2H3,(H,34,38)(H,35,39)/t25-,26+,27-,28+,29?,33?/m1/s1. The Balaban J connectivity index is 1.32. The summed E-state index contributed by atoms with van der Waals surface area (Å²) in [6, 6.07) is 21.7. The Morgan fingerprint density at radius 1 is 1.02 bits per heavy atom. The van der Waals surface area contributed by atoms with Gasteiger partial charge in [-0.15, -0.1) is 0 Å². The lowest BCUT2D eigenvalue weighted by Gasteiger charge is -2.37. The summed E-state index contributed by atoms with van der Waals surface area (Å²) in [6.07, 6.45) is 1.19. The number of nitrogens with one attached hydrogen (secondary N) is 2. The SMILES string of the molecule is CC(C)C[C@H](CO)N1C(=O)[C@@H]2[C@H](C(=O)NCc3ccccc3)[C@@H]3CCC2(O3)C1C(=O)Nc1ccc2ccccc2c1. The zero-order valence-corrected chi connectivity index (χ0v) is 23.5. The van der Waals surface area contributed by atoms with E-state index < -0.39 is 35.6 Å². The third-order valence-corrected chi connectivity index (χ3v) is 8.96. The van der Waals surface area contributed by atoms with Gasteiger partial charge in [-0.25, -0.2) is 0 Å².